The van der Waals surface area contributed by atoms with Crippen LogP contribution in [-0.2, 0) is 4.74 Å². The Labute approximate surface area is 133 Å². The van der Waals surface area contributed by atoms with E-state index in [1.54, 1.807) is 0 Å². The molecule has 0 unspecified atom stereocenters. The molecule has 0 atom stereocenters. The van der Waals surface area contributed by atoms with Gasteiger partial charge in [-0.3, -0.25) is 5.32 Å². The van der Waals surface area contributed by atoms with Crippen LogP contribution in [0, 0.1) is 0 Å². The zero-order valence-corrected chi connectivity index (χ0v) is 14.5. The summed E-state index contributed by atoms with van der Waals surface area (Å²) < 4.78 is 5.24. The molecule has 1 rings (SSSR count). The molecular formula is C17H29N3O2. The molecule has 0 bridgehead atoms. The minimum atomic E-state index is -0.501. The van der Waals surface area contributed by atoms with Crippen LogP contribution in [0.2, 0.25) is 0 Å². The minimum absolute atomic E-state index is 0.113. The molecule has 0 aromatic heterocycles. The highest BCUT2D eigenvalue weighted by atomic mass is 16.6. The van der Waals surface area contributed by atoms with Crippen LogP contribution in [0.5, 0.6) is 0 Å². The zero-order valence-electron chi connectivity index (χ0n) is 14.5. The van der Waals surface area contributed by atoms with Crippen LogP contribution in [-0.4, -0.2) is 30.3 Å². The predicted molar refractivity (Wildman–Crippen MR) is 92.5 cm³/mol. The van der Waals surface area contributed by atoms with Crippen LogP contribution in [0.3, 0.4) is 0 Å². The third kappa shape index (κ3) is 8.52. The quantitative estimate of drug-likeness (QED) is 0.723. The fourth-order valence-electron chi connectivity index (χ4n) is 1.77. The topological polar surface area (TPSA) is 62.4 Å². The second-order valence-electron chi connectivity index (χ2n) is 7.31. The third-order valence-electron chi connectivity index (χ3n) is 2.62. The first kappa shape index (κ1) is 18.3. The molecule has 0 saturated carbocycles. The third-order valence-corrected chi connectivity index (χ3v) is 2.62. The summed E-state index contributed by atoms with van der Waals surface area (Å²) >= 11 is 0. The van der Waals surface area contributed by atoms with E-state index in [0.717, 1.165) is 18.8 Å². The lowest BCUT2D eigenvalue weighted by atomic mass is 10.1. The van der Waals surface area contributed by atoms with Crippen LogP contribution >= 0.6 is 0 Å². The molecule has 0 saturated heterocycles. The molecule has 0 fully saturated rings. The number of carbonyl (C=O) groups excluding carboxylic acids is 1. The predicted octanol–water partition coefficient (Wildman–Crippen LogP) is 3.83. The molecule has 5 heteroatoms. The molecule has 124 valence electrons. The van der Waals surface area contributed by atoms with Crippen LogP contribution in [0.25, 0.3) is 0 Å². The Balaban J connectivity index is 2.47. The first-order valence-electron chi connectivity index (χ1n) is 7.64. The number of hydrogen-bond acceptors (Lipinski definition) is 4. The van der Waals surface area contributed by atoms with Crippen molar-refractivity contribution in [1.82, 2.24) is 5.32 Å². The van der Waals surface area contributed by atoms with Gasteiger partial charge in [-0.05, 0) is 59.7 Å². The van der Waals surface area contributed by atoms with Crippen LogP contribution < -0.4 is 16.0 Å². The second kappa shape index (κ2) is 7.49. The number of rotatable bonds is 5. The van der Waals surface area contributed by atoms with Crippen molar-refractivity contribution >= 4 is 17.5 Å². The molecule has 1 aromatic carbocycles. The number of ether oxygens (including phenoxy) is 1. The van der Waals surface area contributed by atoms with Gasteiger partial charge in [0.05, 0.1) is 0 Å². The molecule has 0 radical (unpaired) electrons. The van der Waals surface area contributed by atoms with Gasteiger partial charge in [0, 0.05) is 30.0 Å². The summed E-state index contributed by atoms with van der Waals surface area (Å²) in [6, 6.07) is 7.59. The van der Waals surface area contributed by atoms with Crippen molar-refractivity contribution in [3.63, 3.8) is 0 Å². The Morgan fingerprint density at radius 1 is 1.05 bits per heavy atom. The van der Waals surface area contributed by atoms with Crippen molar-refractivity contribution in [3.05, 3.63) is 24.3 Å². The normalized spacial score (nSPS) is 11.9. The van der Waals surface area contributed by atoms with E-state index >= 15 is 0 Å². The monoisotopic (exact) mass is 307 g/mol. The summed E-state index contributed by atoms with van der Waals surface area (Å²) in [7, 11) is 0. The van der Waals surface area contributed by atoms with Gasteiger partial charge in [-0.2, -0.15) is 0 Å². The average Bonchev–Trinajstić information content (AvgIpc) is 2.31. The van der Waals surface area contributed by atoms with Crippen molar-refractivity contribution in [3.8, 4) is 0 Å². The van der Waals surface area contributed by atoms with E-state index in [1.165, 1.54) is 0 Å². The Bertz CT molecular complexity index is 487. The van der Waals surface area contributed by atoms with Gasteiger partial charge in [0.1, 0.15) is 5.60 Å². The van der Waals surface area contributed by atoms with Gasteiger partial charge in [0.15, 0.2) is 0 Å². The Hall–Kier alpha value is -1.75. The summed E-state index contributed by atoms with van der Waals surface area (Å²) in [5, 5.41) is 9.47. The van der Waals surface area contributed by atoms with Crippen molar-refractivity contribution < 1.29 is 9.53 Å². The number of hydrogen-bond donors (Lipinski definition) is 3. The maximum atomic E-state index is 11.7. The van der Waals surface area contributed by atoms with E-state index in [0.29, 0.717) is 5.69 Å². The van der Waals surface area contributed by atoms with Gasteiger partial charge in [-0.1, -0.05) is 6.07 Å². The zero-order chi connectivity index (χ0) is 16.8. The van der Waals surface area contributed by atoms with Gasteiger partial charge in [0.2, 0.25) is 0 Å². The lowest BCUT2D eigenvalue weighted by molar-refractivity contribution is 0.0636. The average molecular weight is 307 g/mol. The van der Waals surface area contributed by atoms with Crippen molar-refractivity contribution in [2.45, 2.75) is 52.7 Å². The Kier molecular flexibility index (Phi) is 6.23. The van der Waals surface area contributed by atoms with E-state index < -0.39 is 11.7 Å². The highest BCUT2D eigenvalue weighted by Gasteiger charge is 2.16. The summed E-state index contributed by atoms with van der Waals surface area (Å²) in [6.45, 7) is 13.6. The van der Waals surface area contributed by atoms with Crippen molar-refractivity contribution in [2.24, 2.45) is 0 Å². The molecule has 0 aliphatic heterocycles. The van der Waals surface area contributed by atoms with Crippen LogP contribution in [0.4, 0.5) is 16.2 Å². The lowest BCUT2D eigenvalue weighted by Crippen LogP contribution is -2.38. The fourth-order valence-corrected chi connectivity index (χ4v) is 1.77. The molecular weight excluding hydrogens is 278 g/mol. The molecule has 0 heterocycles. The lowest BCUT2D eigenvalue weighted by Gasteiger charge is -2.21. The fraction of sp³-hybridized carbons (Fsp3) is 0.588. The van der Waals surface area contributed by atoms with E-state index in [1.807, 2.05) is 45.0 Å². The Morgan fingerprint density at radius 2 is 1.68 bits per heavy atom. The van der Waals surface area contributed by atoms with Gasteiger partial charge in [0.25, 0.3) is 0 Å². The van der Waals surface area contributed by atoms with Gasteiger partial charge in [-0.25, -0.2) is 4.79 Å². The maximum absolute atomic E-state index is 11.7. The maximum Gasteiger partial charge on any atom is 0.412 e. The van der Waals surface area contributed by atoms with E-state index in [-0.39, 0.29) is 5.54 Å². The first-order chi connectivity index (χ1) is 10.1. The van der Waals surface area contributed by atoms with Gasteiger partial charge < -0.3 is 15.4 Å². The molecule has 1 aromatic rings. The van der Waals surface area contributed by atoms with Crippen LogP contribution in [0.1, 0.15) is 41.5 Å². The SMILES string of the molecule is CC(C)(C)NCCNc1cccc(NC(=O)OC(C)(C)C)c1. The molecule has 0 spiro atoms. The summed E-state index contributed by atoms with van der Waals surface area (Å²) in [6.07, 6.45) is -0.445. The molecule has 22 heavy (non-hydrogen) atoms. The molecule has 0 aliphatic carbocycles. The largest absolute Gasteiger partial charge is 0.444 e. The van der Waals surface area contributed by atoms with Gasteiger partial charge >= 0.3 is 6.09 Å². The van der Waals surface area contributed by atoms with Crippen LogP contribution in [0.15, 0.2) is 24.3 Å². The second-order valence-corrected chi connectivity index (χ2v) is 7.31. The number of carbonyl (C=O) groups is 1. The number of amides is 1. The molecule has 5 nitrogen and oxygen atoms in total. The summed E-state index contributed by atoms with van der Waals surface area (Å²) in [5.74, 6) is 0. The Morgan fingerprint density at radius 3 is 2.27 bits per heavy atom. The smallest absolute Gasteiger partial charge is 0.412 e. The summed E-state index contributed by atoms with van der Waals surface area (Å²) in [4.78, 5) is 11.7. The highest BCUT2D eigenvalue weighted by molar-refractivity contribution is 5.85. The van der Waals surface area contributed by atoms with Crippen molar-refractivity contribution in [1.29, 1.82) is 0 Å². The van der Waals surface area contributed by atoms with Gasteiger partial charge in [-0.15, -0.1) is 0 Å². The van der Waals surface area contributed by atoms with E-state index in [2.05, 4.69) is 36.7 Å². The van der Waals surface area contributed by atoms with E-state index in [4.69, 9.17) is 4.74 Å². The minimum Gasteiger partial charge on any atom is -0.444 e. The number of nitrogens with one attached hydrogen (secondary N) is 3. The molecule has 3 N–H and O–H groups in total. The van der Waals surface area contributed by atoms with E-state index in [9.17, 15) is 4.79 Å². The first-order valence-corrected chi connectivity index (χ1v) is 7.64. The summed E-state index contributed by atoms with van der Waals surface area (Å²) in [5.41, 5.74) is 1.28. The van der Waals surface area contributed by atoms with Crippen molar-refractivity contribution in [2.75, 3.05) is 23.7 Å². The standard InChI is InChI=1S/C17H29N3O2/c1-16(2,3)19-11-10-18-13-8-7-9-14(12-13)20-15(21)22-17(4,5)6/h7-9,12,18-19H,10-11H2,1-6H3,(H,20,21). The number of anilines is 2. The number of benzene rings is 1. The highest BCUT2D eigenvalue weighted by Crippen LogP contribution is 2.16. The molecule has 1 amide bonds. The molecule has 0 aliphatic rings.